The number of nitrogens with one attached hydrogen (secondary N) is 1. The SMILES string of the molecule is CC(C)(C)OC(=O)N1CCC(C2CCCC(C(=O)O)(N3CCNCC3)C2=C=O)CC1. The second-order valence-electron chi connectivity index (χ2n) is 9.72. The number of piperazine rings is 1. The average Bonchev–Trinajstić information content (AvgIpc) is 2.72. The van der Waals surface area contributed by atoms with Gasteiger partial charge in [0.25, 0.3) is 0 Å². The van der Waals surface area contributed by atoms with E-state index in [1.807, 2.05) is 25.7 Å². The molecular weight excluding hydrogens is 386 g/mol. The van der Waals surface area contributed by atoms with Gasteiger partial charge in [-0.05, 0) is 64.7 Å². The Morgan fingerprint density at radius 3 is 2.30 bits per heavy atom. The van der Waals surface area contributed by atoms with E-state index in [4.69, 9.17) is 4.74 Å². The number of piperidine rings is 1. The van der Waals surface area contributed by atoms with Gasteiger partial charge in [-0.3, -0.25) is 4.90 Å². The highest BCUT2D eigenvalue weighted by molar-refractivity contribution is 5.87. The van der Waals surface area contributed by atoms with Crippen molar-refractivity contribution in [1.82, 2.24) is 15.1 Å². The van der Waals surface area contributed by atoms with Crippen LogP contribution in [0.15, 0.2) is 5.57 Å². The number of hydrogen-bond donors (Lipinski definition) is 2. The summed E-state index contributed by atoms with van der Waals surface area (Å²) in [6, 6.07) is 0. The van der Waals surface area contributed by atoms with Crippen LogP contribution in [0.3, 0.4) is 0 Å². The first-order valence-corrected chi connectivity index (χ1v) is 11.1. The van der Waals surface area contributed by atoms with Crippen LogP contribution in [0.4, 0.5) is 4.79 Å². The number of carboxylic acids is 1. The van der Waals surface area contributed by atoms with Crippen molar-refractivity contribution in [2.24, 2.45) is 11.8 Å². The lowest BCUT2D eigenvalue weighted by molar-refractivity contribution is -0.151. The number of carbonyl (C=O) groups excluding carboxylic acids is 2. The Labute approximate surface area is 178 Å². The third-order valence-electron chi connectivity index (χ3n) is 6.75. The first-order chi connectivity index (χ1) is 14.2. The van der Waals surface area contributed by atoms with Crippen LogP contribution in [0.25, 0.3) is 0 Å². The molecule has 0 aromatic carbocycles. The maximum Gasteiger partial charge on any atom is 0.410 e. The topological polar surface area (TPSA) is 99.2 Å². The molecular formula is C22H35N3O5. The van der Waals surface area contributed by atoms with Crippen LogP contribution in [-0.4, -0.2) is 83.3 Å². The summed E-state index contributed by atoms with van der Waals surface area (Å²) in [6.45, 7) is 9.35. The van der Waals surface area contributed by atoms with E-state index in [1.165, 1.54) is 0 Å². The Bertz CT molecular complexity index is 698. The van der Waals surface area contributed by atoms with Gasteiger partial charge in [0.05, 0.1) is 0 Å². The Kier molecular flexibility index (Phi) is 6.90. The van der Waals surface area contributed by atoms with E-state index in [9.17, 15) is 19.5 Å². The van der Waals surface area contributed by atoms with Gasteiger partial charge < -0.3 is 20.1 Å². The first kappa shape index (κ1) is 22.8. The Morgan fingerprint density at radius 2 is 1.77 bits per heavy atom. The molecule has 30 heavy (non-hydrogen) atoms. The minimum absolute atomic E-state index is 0.0944. The number of likely N-dealkylation sites (tertiary alicyclic amines) is 1. The predicted octanol–water partition coefficient (Wildman–Crippen LogP) is 1.92. The maximum absolute atomic E-state index is 12.5. The van der Waals surface area contributed by atoms with E-state index in [2.05, 4.69) is 11.3 Å². The maximum atomic E-state index is 12.5. The van der Waals surface area contributed by atoms with E-state index in [1.54, 1.807) is 4.90 Å². The fourth-order valence-electron chi connectivity index (χ4n) is 5.34. The molecule has 2 N–H and O–H groups in total. The van der Waals surface area contributed by atoms with Gasteiger partial charge in [-0.25, -0.2) is 14.4 Å². The van der Waals surface area contributed by atoms with Gasteiger partial charge in [0.2, 0.25) is 0 Å². The highest BCUT2D eigenvalue weighted by Crippen LogP contribution is 2.46. The molecule has 2 heterocycles. The molecule has 3 fully saturated rings. The van der Waals surface area contributed by atoms with Gasteiger partial charge in [-0.2, -0.15) is 0 Å². The average molecular weight is 422 g/mol. The van der Waals surface area contributed by atoms with Crippen molar-refractivity contribution >= 4 is 18.0 Å². The molecule has 8 nitrogen and oxygen atoms in total. The standard InChI is InChI=1S/C22H35N3O5/c1-21(2,3)30-20(29)24-11-6-16(7-12-24)17-5-4-8-22(19(27)28,18(17)15-26)25-13-9-23-10-14-25/h16-17,23H,4-14H2,1-3H3,(H,27,28). The van der Waals surface area contributed by atoms with Crippen LogP contribution in [0.5, 0.6) is 0 Å². The molecule has 2 unspecified atom stereocenters. The van der Waals surface area contributed by atoms with E-state index in [0.717, 1.165) is 38.8 Å². The van der Waals surface area contributed by atoms with Crippen LogP contribution < -0.4 is 5.32 Å². The smallest absolute Gasteiger partial charge is 0.410 e. The van der Waals surface area contributed by atoms with Gasteiger partial charge >= 0.3 is 12.1 Å². The molecule has 0 bridgehead atoms. The largest absolute Gasteiger partial charge is 0.480 e. The number of hydrogen-bond acceptors (Lipinski definition) is 6. The third-order valence-corrected chi connectivity index (χ3v) is 6.75. The summed E-state index contributed by atoms with van der Waals surface area (Å²) in [4.78, 5) is 40.7. The summed E-state index contributed by atoms with van der Waals surface area (Å²) in [7, 11) is 0. The monoisotopic (exact) mass is 421 g/mol. The van der Waals surface area contributed by atoms with E-state index < -0.39 is 17.1 Å². The molecule has 8 heteroatoms. The molecule has 1 saturated carbocycles. The summed E-state index contributed by atoms with van der Waals surface area (Å²) < 4.78 is 5.47. The zero-order valence-corrected chi connectivity index (χ0v) is 18.4. The molecule has 0 spiro atoms. The number of amides is 1. The summed E-state index contributed by atoms with van der Waals surface area (Å²) in [6.07, 6.45) is 3.22. The van der Waals surface area contributed by atoms with Gasteiger partial charge in [0, 0.05) is 44.8 Å². The van der Waals surface area contributed by atoms with E-state index >= 15 is 0 Å². The summed E-state index contributed by atoms with van der Waals surface area (Å²) in [5.41, 5.74) is -1.36. The lowest BCUT2D eigenvalue weighted by atomic mass is 9.65. The lowest BCUT2D eigenvalue weighted by Gasteiger charge is -2.49. The van der Waals surface area contributed by atoms with Gasteiger partial charge in [-0.1, -0.05) is 0 Å². The molecule has 3 aliphatic rings. The van der Waals surface area contributed by atoms with Crippen molar-refractivity contribution in [2.75, 3.05) is 39.3 Å². The van der Waals surface area contributed by atoms with E-state index in [-0.39, 0.29) is 17.9 Å². The Morgan fingerprint density at radius 1 is 1.13 bits per heavy atom. The van der Waals surface area contributed by atoms with Crippen LogP contribution in [0.1, 0.15) is 52.9 Å². The first-order valence-electron chi connectivity index (χ1n) is 11.1. The minimum Gasteiger partial charge on any atom is -0.480 e. The highest BCUT2D eigenvalue weighted by atomic mass is 16.6. The van der Waals surface area contributed by atoms with Crippen molar-refractivity contribution in [2.45, 2.75) is 64.0 Å². The van der Waals surface area contributed by atoms with Crippen molar-refractivity contribution in [3.05, 3.63) is 5.57 Å². The van der Waals surface area contributed by atoms with Crippen molar-refractivity contribution in [1.29, 1.82) is 0 Å². The molecule has 1 amide bonds. The quantitative estimate of drug-likeness (QED) is 0.672. The Balaban J connectivity index is 1.74. The molecule has 1 aliphatic carbocycles. The van der Waals surface area contributed by atoms with Crippen LogP contribution in [0.2, 0.25) is 0 Å². The number of nitrogens with zero attached hydrogens (tertiary/aromatic N) is 2. The summed E-state index contributed by atoms with van der Waals surface area (Å²) in [5.74, 6) is 1.26. The van der Waals surface area contributed by atoms with Crippen molar-refractivity contribution in [3.63, 3.8) is 0 Å². The zero-order valence-electron chi connectivity index (χ0n) is 18.4. The van der Waals surface area contributed by atoms with Crippen LogP contribution >= 0.6 is 0 Å². The van der Waals surface area contributed by atoms with Crippen molar-refractivity contribution in [3.8, 4) is 0 Å². The second kappa shape index (κ2) is 9.08. The highest BCUT2D eigenvalue weighted by Gasteiger charge is 2.54. The molecule has 2 atom stereocenters. The lowest BCUT2D eigenvalue weighted by Crippen LogP contribution is -2.63. The van der Waals surface area contributed by atoms with Gasteiger partial charge in [0.1, 0.15) is 11.5 Å². The number of ether oxygens (including phenoxy) is 1. The minimum atomic E-state index is -1.24. The van der Waals surface area contributed by atoms with Gasteiger partial charge in [-0.15, -0.1) is 0 Å². The van der Waals surface area contributed by atoms with Gasteiger partial charge in [0.15, 0.2) is 5.54 Å². The predicted molar refractivity (Wildman–Crippen MR) is 112 cm³/mol. The summed E-state index contributed by atoms with van der Waals surface area (Å²) >= 11 is 0. The Hall–Kier alpha value is -1.89. The molecule has 0 radical (unpaired) electrons. The number of carbonyl (C=O) groups is 2. The normalized spacial score (nSPS) is 29.4. The molecule has 0 aromatic heterocycles. The fourth-order valence-corrected chi connectivity index (χ4v) is 5.34. The molecule has 168 valence electrons. The molecule has 0 aromatic rings. The fraction of sp³-hybridized carbons (Fsp3) is 0.818. The third kappa shape index (κ3) is 4.56. The molecule has 2 aliphatic heterocycles. The number of rotatable bonds is 3. The summed E-state index contributed by atoms with van der Waals surface area (Å²) in [5, 5.41) is 13.5. The van der Waals surface area contributed by atoms with Crippen LogP contribution in [-0.2, 0) is 14.3 Å². The second-order valence-corrected chi connectivity index (χ2v) is 9.72. The van der Waals surface area contributed by atoms with Crippen molar-refractivity contribution < 1.29 is 24.2 Å². The number of aliphatic carboxylic acids is 1. The van der Waals surface area contributed by atoms with E-state index in [0.29, 0.717) is 38.2 Å². The zero-order chi connectivity index (χ0) is 21.9. The molecule has 2 saturated heterocycles. The van der Waals surface area contributed by atoms with Crippen LogP contribution in [0, 0.1) is 11.8 Å². The number of carboxylic acid groups (broad SMARTS) is 1. The molecule has 3 rings (SSSR count).